The summed E-state index contributed by atoms with van der Waals surface area (Å²) in [5.41, 5.74) is 1.43. The Morgan fingerprint density at radius 1 is 1.00 bits per heavy atom. The molecule has 156 valence electrons. The van der Waals surface area contributed by atoms with E-state index in [4.69, 9.17) is 4.74 Å². The molecule has 3 amide bonds. The second-order valence-electron chi connectivity index (χ2n) is 6.78. The molecular formula is C21H18F2N2O5. The fourth-order valence-electron chi connectivity index (χ4n) is 3.03. The number of carbonyl (C=O) groups is 4. The average molecular weight is 416 g/mol. The number of ether oxygens (including phenoxy) is 1. The second kappa shape index (κ2) is 8.81. The molecule has 0 fully saturated rings. The van der Waals surface area contributed by atoms with Gasteiger partial charge in [-0.2, -0.15) is 0 Å². The third-order valence-corrected chi connectivity index (χ3v) is 4.40. The number of nitrogens with one attached hydrogen (secondary N) is 1. The maximum atomic E-state index is 13.1. The molecule has 9 heteroatoms. The monoisotopic (exact) mass is 416 g/mol. The van der Waals surface area contributed by atoms with Crippen LogP contribution in [0.3, 0.4) is 0 Å². The van der Waals surface area contributed by atoms with Crippen molar-refractivity contribution >= 4 is 29.4 Å². The number of halogens is 2. The van der Waals surface area contributed by atoms with Crippen molar-refractivity contribution in [3.8, 4) is 0 Å². The first kappa shape index (κ1) is 21.1. The molecule has 0 aliphatic carbocycles. The largest absolute Gasteiger partial charge is 0.456 e. The molecule has 0 radical (unpaired) electrons. The molecule has 2 aromatic carbocycles. The highest BCUT2D eigenvalue weighted by Crippen LogP contribution is 2.24. The predicted molar refractivity (Wildman–Crippen MR) is 102 cm³/mol. The van der Waals surface area contributed by atoms with Gasteiger partial charge in [-0.3, -0.25) is 24.1 Å². The van der Waals surface area contributed by atoms with Crippen LogP contribution >= 0.6 is 0 Å². The molecule has 30 heavy (non-hydrogen) atoms. The van der Waals surface area contributed by atoms with Crippen molar-refractivity contribution in [2.75, 3.05) is 18.5 Å². The van der Waals surface area contributed by atoms with Crippen LogP contribution in [-0.2, 0) is 14.3 Å². The van der Waals surface area contributed by atoms with Crippen LogP contribution in [0, 0.1) is 18.6 Å². The molecular weight excluding hydrogens is 398 g/mol. The van der Waals surface area contributed by atoms with E-state index in [0.29, 0.717) is 17.2 Å². The molecule has 3 rings (SSSR count). The lowest BCUT2D eigenvalue weighted by atomic mass is 10.1. The van der Waals surface area contributed by atoms with Crippen molar-refractivity contribution in [3.63, 3.8) is 0 Å². The van der Waals surface area contributed by atoms with E-state index in [9.17, 15) is 28.0 Å². The number of hydrogen-bond donors (Lipinski definition) is 1. The first-order chi connectivity index (χ1) is 14.2. The van der Waals surface area contributed by atoms with Crippen LogP contribution in [0.15, 0.2) is 36.4 Å². The quantitative estimate of drug-likeness (QED) is 0.554. The molecule has 1 heterocycles. The highest BCUT2D eigenvalue weighted by atomic mass is 19.1. The molecule has 0 saturated heterocycles. The Morgan fingerprint density at radius 2 is 1.67 bits per heavy atom. The summed E-state index contributed by atoms with van der Waals surface area (Å²) in [5.74, 6) is -4.00. The summed E-state index contributed by atoms with van der Waals surface area (Å²) in [4.78, 5) is 49.3. The molecule has 7 nitrogen and oxygen atoms in total. The number of benzene rings is 2. The van der Waals surface area contributed by atoms with E-state index >= 15 is 0 Å². The highest BCUT2D eigenvalue weighted by Gasteiger charge is 2.35. The summed E-state index contributed by atoms with van der Waals surface area (Å²) < 4.78 is 31.0. The molecule has 0 bridgehead atoms. The Hall–Kier alpha value is -3.62. The van der Waals surface area contributed by atoms with Gasteiger partial charge in [-0.15, -0.1) is 0 Å². The molecule has 0 spiro atoms. The molecule has 2 aromatic rings. The lowest BCUT2D eigenvalue weighted by molar-refractivity contribution is -0.147. The second-order valence-corrected chi connectivity index (χ2v) is 6.78. The fraction of sp³-hybridized carbons (Fsp3) is 0.238. The standard InChI is InChI=1S/C21H18F2N2O5/c1-12-4-5-16-17(7-12)21(29)25(20(16)28)6-2-3-19(27)30-11-18(26)24-15-9-13(22)8-14(23)10-15/h4-5,7-10H,2-3,6,11H2,1H3,(H,24,26). The number of rotatable bonds is 7. The van der Waals surface area contributed by atoms with Gasteiger partial charge in [-0.1, -0.05) is 11.6 Å². The minimum atomic E-state index is -0.856. The van der Waals surface area contributed by atoms with Crippen LogP contribution in [0.2, 0.25) is 0 Å². The van der Waals surface area contributed by atoms with Crippen molar-refractivity contribution in [2.45, 2.75) is 19.8 Å². The molecule has 0 atom stereocenters. The summed E-state index contributed by atoms with van der Waals surface area (Å²) in [6.07, 6.45) is 0.0499. The summed E-state index contributed by atoms with van der Waals surface area (Å²) in [5, 5.41) is 2.21. The van der Waals surface area contributed by atoms with Gasteiger partial charge < -0.3 is 10.1 Å². The third kappa shape index (κ3) is 4.86. The van der Waals surface area contributed by atoms with Gasteiger partial charge in [0.15, 0.2) is 6.61 Å². The zero-order chi connectivity index (χ0) is 21.8. The SMILES string of the molecule is Cc1ccc2c(c1)C(=O)N(CCCC(=O)OCC(=O)Nc1cc(F)cc(F)c1)C2=O. The Balaban J connectivity index is 1.42. The minimum Gasteiger partial charge on any atom is -0.456 e. The Labute approximate surface area is 170 Å². The van der Waals surface area contributed by atoms with Gasteiger partial charge in [0, 0.05) is 24.7 Å². The van der Waals surface area contributed by atoms with Crippen LogP contribution < -0.4 is 5.32 Å². The molecule has 1 N–H and O–H groups in total. The smallest absolute Gasteiger partial charge is 0.306 e. The van der Waals surface area contributed by atoms with Gasteiger partial charge in [0.2, 0.25) is 0 Å². The normalized spacial score (nSPS) is 12.7. The average Bonchev–Trinajstić information content (AvgIpc) is 2.90. The number of amides is 3. The van der Waals surface area contributed by atoms with E-state index in [-0.39, 0.29) is 25.1 Å². The maximum absolute atomic E-state index is 13.1. The van der Waals surface area contributed by atoms with Gasteiger partial charge in [0.25, 0.3) is 17.7 Å². The number of anilines is 1. The molecule has 1 aliphatic heterocycles. The first-order valence-corrected chi connectivity index (χ1v) is 9.13. The van der Waals surface area contributed by atoms with Gasteiger partial charge in [-0.05, 0) is 37.6 Å². The summed E-state index contributed by atoms with van der Waals surface area (Å²) in [6, 6.07) is 7.49. The summed E-state index contributed by atoms with van der Waals surface area (Å²) in [7, 11) is 0. The van der Waals surface area contributed by atoms with E-state index in [1.54, 1.807) is 18.2 Å². The van der Waals surface area contributed by atoms with Crippen molar-refractivity contribution in [2.24, 2.45) is 0 Å². The van der Waals surface area contributed by atoms with Gasteiger partial charge in [0.1, 0.15) is 11.6 Å². The number of esters is 1. The number of carbonyl (C=O) groups excluding carboxylic acids is 4. The van der Waals surface area contributed by atoms with Gasteiger partial charge in [0.05, 0.1) is 11.1 Å². The van der Waals surface area contributed by atoms with Crippen molar-refractivity contribution in [1.82, 2.24) is 4.90 Å². The number of imide groups is 1. The molecule has 0 aromatic heterocycles. The minimum absolute atomic E-state index is 0.0370. The topological polar surface area (TPSA) is 92.8 Å². The lowest BCUT2D eigenvalue weighted by Crippen LogP contribution is -2.31. The zero-order valence-electron chi connectivity index (χ0n) is 16.0. The summed E-state index contributed by atoms with van der Waals surface area (Å²) in [6.45, 7) is 1.22. The van der Waals surface area contributed by atoms with Gasteiger partial charge in [-0.25, -0.2) is 8.78 Å². The highest BCUT2D eigenvalue weighted by molar-refractivity contribution is 6.21. The van der Waals surface area contributed by atoms with E-state index in [2.05, 4.69) is 5.32 Å². The van der Waals surface area contributed by atoms with Crippen LogP contribution in [0.5, 0.6) is 0 Å². The van der Waals surface area contributed by atoms with Gasteiger partial charge >= 0.3 is 5.97 Å². The first-order valence-electron chi connectivity index (χ1n) is 9.13. The Morgan fingerprint density at radius 3 is 2.37 bits per heavy atom. The zero-order valence-corrected chi connectivity index (χ0v) is 16.0. The van der Waals surface area contributed by atoms with Crippen LogP contribution in [0.25, 0.3) is 0 Å². The number of nitrogens with zero attached hydrogens (tertiary/aromatic N) is 1. The van der Waals surface area contributed by atoms with E-state index in [0.717, 1.165) is 22.6 Å². The van der Waals surface area contributed by atoms with E-state index in [1.165, 1.54) is 0 Å². The molecule has 0 unspecified atom stereocenters. The van der Waals surface area contributed by atoms with Crippen LogP contribution in [0.4, 0.5) is 14.5 Å². The van der Waals surface area contributed by atoms with E-state index in [1.807, 2.05) is 6.92 Å². The van der Waals surface area contributed by atoms with Crippen molar-refractivity contribution in [1.29, 1.82) is 0 Å². The fourth-order valence-corrected chi connectivity index (χ4v) is 3.03. The number of aryl methyl sites for hydroxylation is 1. The van der Waals surface area contributed by atoms with Crippen LogP contribution in [-0.4, -0.2) is 41.7 Å². The van der Waals surface area contributed by atoms with Crippen molar-refractivity contribution < 1.29 is 32.7 Å². The lowest BCUT2D eigenvalue weighted by Gasteiger charge is -2.13. The number of hydrogen-bond acceptors (Lipinski definition) is 5. The Kier molecular flexibility index (Phi) is 6.20. The molecule has 1 aliphatic rings. The van der Waals surface area contributed by atoms with Crippen molar-refractivity contribution in [3.05, 3.63) is 64.7 Å². The van der Waals surface area contributed by atoms with Crippen LogP contribution in [0.1, 0.15) is 39.1 Å². The third-order valence-electron chi connectivity index (χ3n) is 4.40. The predicted octanol–water partition coefficient (Wildman–Crippen LogP) is 2.83. The maximum Gasteiger partial charge on any atom is 0.306 e. The molecule has 0 saturated carbocycles. The van der Waals surface area contributed by atoms with E-state index < -0.39 is 41.9 Å². The summed E-state index contributed by atoms with van der Waals surface area (Å²) >= 11 is 0. The number of fused-ring (bicyclic) bond motifs is 1. The Bertz CT molecular complexity index is 1020.